The van der Waals surface area contributed by atoms with Crippen LogP contribution in [-0.4, -0.2) is 69.7 Å². The molecule has 0 aromatic heterocycles. The van der Waals surface area contributed by atoms with Gasteiger partial charge in [0.1, 0.15) is 0 Å². The molecule has 0 spiro atoms. The Bertz CT molecular complexity index is 510. The van der Waals surface area contributed by atoms with E-state index in [9.17, 15) is 4.79 Å². The first kappa shape index (κ1) is 18.7. The first-order valence-electron chi connectivity index (χ1n) is 8.76. The molecule has 0 saturated carbocycles. The van der Waals surface area contributed by atoms with Gasteiger partial charge in [-0.25, -0.2) is 0 Å². The van der Waals surface area contributed by atoms with Crippen molar-refractivity contribution in [3.05, 3.63) is 29.8 Å². The zero-order valence-electron chi connectivity index (χ0n) is 15.5. The van der Waals surface area contributed by atoms with Crippen LogP contribution in [0.15, 0.2) is 24.3 Å². The third kappa shape index (κ3) is 5.80. The van der Waals surface area contributed by atoms with Crippen molar-refractivity contribution in [2.24, 2.45) is 0 Å². The molecule has 0 bridgehead atoms. The summed E-state index contributed by atoms with van der Waals surface area (Å²) in [5.41, 5.74) is 2.31. The molecule has 1 aromatic rings. The molecular weight excluding hydrogens is 302 g/mol. The average molecular weight is 333 g/mol. The van der Waals surface area contributed by atoms with Crippen molar-refractivity contribution < 1.29 is 9.53 Å². The van der Waals surface area contributed by atoms with E-state index in [2.05, 4.69) is 34.1 Å². The van der Waals surface area contributed by atoms with Crippen LogP contribution in [0.4, 0.5) is 5.69 Å². The van der Waals surface area contributed by atoms with E-state index in [-0.39, 0.29) is 12.0 Å². The summed E-state index contributed by atoms with van der Waals surface area (Å²) in [5, 5.41) is 0. The highest BCUT2D eigenvalue weighted by atomic mass is 16.5. The monoisotopic (exact) mass is 333 g/mol. The molecule has 5 heteroatoms. The van der Waals surface area contributed by atoms with E-state index in [1.807, 2.05) is 28.2 Å². The molecule has 1 aliphatic rings. The van der Waals surface area contributed by atoms with E-state index in [4.69, 9.17) is 4.74 Å². The van der Waals surface area contributed by atoms with E-state index in [1.54, 1.807) is 4.90 Å². The first-order valence-corrected chi connectivity index (χ1v) is 8.76. The summed E-state index contributed by atoms with van der Waals surface area (Å²) in [6.45, 7) is 2.76. The van der Waals surface area contributed by atoms with Crippen LogP contribution in [0, 0.1) is 0 Å². The second-order valence-electron chi connectivity index (χ2n) is 7.00. The molecule has 0 N–H and O–H groups in total. The smallest absolute Gasteiger partial charge is 0.236 e. The summed E-state index contributed by atoms with van der Waals surface area (Å²) in [5.74, 6) is 0.144. The van der Waals surface area contributed by atoms with Gasteiger partial charge < -0.3 is 14.5 Å². The molecule has 5 nitrogen and oxygen atoms in total. The zero-order valence-corrected chi connectivity index (χ0v) is 15.5. The number of ether oxygens (including phenoxy) is 1. The minimum absolute atomic E-state index is 0.144. The maximum Gasteiger partial charge on any atom is 0.236 e. The molecule has 1 aromatic carbocycles. The van der Waals surface area contributed by atoms with E-state index >= 15 is 0 Å². The molecule has 1 heterocycles. The van der Waals surface area contributed by atoms with E-state index < -0.39 is 0 Å². The number of carbonyl (C=O) groups excluding carboxylic acids is 1. The summed E-state index contributed by atoms with van der Waals surface area (Å²) in [7, 11) is 7.91. The highest BCUT2D eigenvalue weighted by Crippen LogP contribution is 2.15. The Hall–Kier alpha value is -1.59. The first-order chi connectivity index (χ1) is 11.5. The average Bonchev–Trinajstić information content (AvgIpc) is 2.56. The van der Waals surface area contributed by atoms with Crippen molar-refractivity contribution in [2.45, 2.75) is 31.9 Å². The lowest BCUT2D eigenvalue weighted by Crippen LogP contribution is -2.40. The van der Waals surface area contributed by atoms with Crippen LogP contribution in [0.5, 0.6) is 0 Å². The van der Waals surface area contributed by atoms with Gasteiger partial charge in [0.2, 0.25) is 5.91 Å². The minimum Gasteiger partial charge on any atom is -0.378 e. The maximum atomic E-state index is 12.4. The number of carbonyl (C=O) groups is 1. The lowest BCUT2D eigenvalue weighted by molar-refractivity contribution is -0.131. The van der Waals surface area contributed by atoms with E-state index in [0.717, 1.165) is 31.6 Å². The number of likely N-dealkylation sites (N-methyl/N-ethyl adjacent to an activating group) is 2. The Morgan fingerprint density at radius 3 is 2.42 bits per heavy atom. The third-order valence-corrected chi connectivity index (χ3v) is 4.49. The van der Waals surface area contributed by atoms with Crippen molar-refractivity contribution in [1.29, 1.82) is 0 Å². The molecule has 2 rings (SSSR count). The predicted octanol–water partition coefficient (Wildman–Crippen LogP) is 2.21. The van der Waals surface area contributed by atoms with Crippen LogP contribution in [0.1, 0.15) is 24.8 Å². The maximum absolute atomic E-state index is 12.4. The van der Waals surface area contributed by atoms with Gasteiger partial charge in [-0.3, -0.25) is 9.69 Å². The highest BCUT2D eigenvalue weighted by Gasteiger charge is 2.18. The van der Waals surface area contributed by atoms with Gasteiger partial charge in [0, 0.05) is 46.5 Å². The number of rotatable bonds is 7. The molecule has 0 radical (unpaired) electrons. The fourth-order valence-electron chi connectivity index (χ4n) is 2.98. The molecule has 1 fully saturated rings. The van der Waals surface area contributed by atoms with Crippen molar-refractivity contribution in [1.82, 2.24) is 9.80 Å². The van der Waals surface area contributed by atoms with Gasteiger partial charge in [-0.2, -0.15) is 0 Å². The van der Waals surface area contributed by atoms with E-state index in [0.29, 0.717) is 13.1 Å². The molecule has 1 aliphatic heterocycles. The van der Waals surface area contributed by atoms with Gasteiger partial charge in [0.15, 0.2) is 0 Å². The lowest BCUT2D eigenvalue weighted by Gasteiger charge is -2.28. The number of nitrogens with zero attached hydrogens (tertiary/aromatic N) is 3. The van der Waals surface area contributed by atoms with Crippen LogP contribution < -0.4 is 4.90 Å². The van der Waals surface area contributed by atoms with Crippen molar-refractivity contribution in [3.63, 3.8) is 0 Å². The van der Waals surface area contributed by atoms with Gasteiger partial charge in [0.05, 0.1) is 12.6 Å². The van der Waals surface area contributed by atoms with Crippen molar-refractivity contribution in [2.75, 3.05) is 52.8 Å². The normalized spacial score (nSPS) is 17.8. The molecule has 24 heavy (non-hydrogen) atoms. The number of amides is 1. The Kier molecular flexibility index (Phi) is 7.06. The highest BCUT2D eigenvalue weighted by molar-refractivity contribution is 5.78. The van der Waals surface area contributed by atoms with Gasteiger partial charge in [-0.15, -0.1) is 0 Å². The molecule has 1 amide bonds. The largest absolute Gasteiger partial charge is 0.378 e. The van der Waals surface area contributed by atoms with Crippen LogP contribution >= 0.6 is 0 Å². The summed E-state index contributed by atoms with van der Waals surface area (Å²) < 4.78 is 5.75. The molecule has 1 atom stereocenters. The Morgan fingerprint density at radius 2 is 1.83 bits per heavy atom. The fraction of sp³-hybridized carbons (Fsp3) is 0.632. The number of anilines is 1. The quantitative estimate of drug-likeness (QED) is 0.766. The Labute approximate surface area is 146 Å². The third-order valence-electron chi connectivity index (χ3n) is 4.49. The molecule has 134 valence electrons. The van der Waals surface area contributed by atoms with Crippen LogP contribution in [0.3, 0.4) is 0 Å². The number of benzene rings is 1. The zero-order chi connectivity index (χ0) is 17.5. The van der Waals surface area contributed by atoms with Gasteiger partial charge >= 0.3 is 0 Å². The molecule has 0 aliphatic carbocycles. The van der Waals surface area contributed by atoms with Crippen molar-refractivity contribution in [3.8, 4) is 0 Å². The van der Waals surface area contributed by atoms with Crippen LogP contribution in [-0.2, 0) is 16.1 Å². The summed E-state index contributed by atoms with van der Waals surface area (Å²) in [6.07, 6.45) is 3.77. The topological polar surface area (TPSA) is 36.0 Å². The SMILES string of the molecule is CN(CC(=O)N(C)Cc1ccc(N(C)C)cc1)CC1CCCCO1. The minimum atomic E-state index is 0.144. The van der Waals surface area contributed by atoms with Crippen molar-refractivity contribution >= 4 is 11.6 Å². The second kappa shape index (κ2) is 9.04. The van der Waals surface area contributed by atoms with Gasteiger partial charge in [-0.05, 0) is 44.0 Å². The predicted molar refractivity (Wildman–Crippen MR) is 98.3 cm³/mol. The van der Waals surface area contributed by atoms with Crippen LogP contribution in [0.2, 0.25) is 0 Å². The van der Waals surface area contributed by atoms with Gasteiger partial charge in [0.25, 0.3) is 0 Å². The molecular formula is C19H31N3O2. The standard InChI is InChI=1S/C19H31N3O2/c1-20(2)17-10-8-16(9-11-17)13-22(4)19(23)15-21(3)14-18-7-5-6-12-24-18/h8-11,18H,5-7,12-15H2,1-4H3. The second-order valence-corrected chi connectivity index (χ2v) is 7.00. The summed E-state index contributed by atoms with van der Waals surface area (Å²) in [6, 6.07) is 8.33. The molecule has 1 unspecified atom stereocenters. The van der Waals surface area contributed by atoms with E-state index in [1.165, 1.54) is 12.1 Å². The summed E-state index contributed by atoms with van der Waals surface area (Å²) >= 11 is 0. The molecule has 1 saturated heterocycles. The Morgan fingerprint density at radius 1 is 1.12 bits per heavy atom. The number of hydrogen-bond acceptors (Lipinski definition) is 4. The number of hydrogen-bond donors (Lipinski definition) is 0. The fourth-order valence-corrected chi connectivity index (χ4v) is 2.98. The lowest BCUT2D eigenvalue weighted by atomic mass is 10.1. The Balaban J connectivity index is 1.78. The van der Waals surface area contributed by atoms with Crippen LogP contribution in [0.25, 0.3) is 0 Å². The summed E-state index contributed by atoms with van der Waals surface area (Å²) in [4.78, 5) is 18.3. The van der Waals surface area contributed by atoms with Gasteiger partial charge in [-0.1, -0.05) is 12.1 Å².